The van der Waals surface area contributed by atoms with E-state index < -0.39 is 34.1 Å². The summed E-state index contributed by atoms with van der Waals surface area (Å²) in [6.07, 6.45) is 1.44. The predicted octanol–water partition coefficient (Wildman–Crippen LogP) is 5.47. The van der Waals surface area contributed by atoms with Crippen LogP contribution >= 0.6 is 23.2 Å². The first-order valence-corrected chi connectivity index (χ1v) is 15.7. The van der Waals surface area contributed by atoms with Crippen LogP contribution in [0.5, 0.6) is 0 Å². The van der Waals surface area contributed by atoms with Crippen molar-refractivity contribution in [2.45, 2.75) is 69.0 Å². The van der Waals surface area contributed by atoms with Gasteiger partial charge in [-0.1, -0.05) is 61.3 Å². The van der Waals surface area contributed by atoms with Crippen LogP contribution in [0.3, 0.4) is 0 Å². The monoisotopic (exact) mass is 596 g/mol. The molecule has 2 aliphatic rings. The number of hydrogen-bond donors (Lipinski definition) is 1. The van der Waals surface area contributed by atoms with Gasteiger partial charge < -0.3 is 9.84 Å². The van der Waals surface area contributed by atoms with Gasteiger partial charge in [-0.05, 0) is 61.1 Å². The Balaban J connectivity index is 1.84. The van der Waals surface area contributed by atoms with Crippen molar-refractivity contribution in [2.24, 2.45) is 11.8 Å². The average molecular weight is 598 g/mol. The van der Waals surface area contributed by atoms with Gasteiger partial charge in [0, 0.05) is 47.6 Å². The fourth-order valence-electron chi connectivity index (χ4n) is 5.98. The summed E-state index contributed by atoms with van der Waals surface area (Å²) in [5.41, 5.74) is 1.92. The fourth-order valence-corrected chi connectivity index (χ4v) is 7.92. The number of likely N-dealkylation sites (N-methyl/N-ethyl adjacent to an activating group) is 1. The molecule has 4 rings (SSSR count). The normalized spacial score (nSPS) is 25.8. The molecule has 1 aliphatic carbocycles. The van der Waals surface area contributed by atoms with Crippen LogP contribution < -0.4 is 0 Å². The van der Waals surface area contributed by atoms with Crippen molar-refractivity contribution in [1.82, 2.24) is 9.21 Å². The van der Waals surface area contributed by atoms with Crippen molar-refractivity contribution < 1.29 is 23.1 Å². The van der Waals surface area contributed by atoms with Gasteiger partial charge in [-0.25, -0.2) is 12.7 Å². The van der Waals surface area contributed by atoms with E-state index in [0.29, 0.717) is 35.7 Å². The number of ether oxygens (including phenoxy) is 1. The van der Waals surface area contributed by atoms with Crippen LogP contribution in [0.25, 0.3) is 0 Å². The Morgan fingerprint density at radius 1 is 1.13 bits per heavy atom. The molecule has 2 fully saturated rings. The van der Waals surface area contributed by atoms with E-state index in [1.165, 1.54) is 11.4 Å². The second kappa shape index (κ2) is 12.5. The molecule has 1 saturated heterocycles. The largest absolute Gasteiger partial charge is 0.469 e. The Bertz CT molecular complexity index is 1250. The number of likely N-dealkylation sites (tertiary alicyclic amines) is 1. The number of benzene rings is 2. The molecule has 2 aromatic rings. The number of piperidine rings is 1. The fraction of sp³-hybridized carbons (Fsp3) is 0.552. The Hall–Kier alpha value is -1.68. The summed E-state index contributed by atoms with van der Waals surface area (Å²) in [6, 6.07) is 14.6. The number of halogens is 2. The highest BCUT2D eigenvalue weighted by Crippen LogP contribution is 2.50. The highest BCUT2D eigenvalue weighted by atomic mass is 35.5. The van der Waals surface area contributed by atoms with E-state index in [4.69, 9.17) is 27.9 Å². The Morgan fingerprint density at radius 2 is 1.79 bits per heavy atom. The SMILES string of the molecule is CCC(CN(C)S(=O)(=O)C1CC1)N1C(O)[C@H](C(C)C(=O)OC)C[C@H](c2cccc(Cl)c2)[C@H]1c1ccc(Cl)cc1. The van der Waals surface area contributed by atoms with Crippen molar-refractivity contribution in [3.8, 4) is 0 Å². The molecule has 1 saturated carbocycles. The summed E-state index contributed by atoms with van der Waals surface area (Å²) >= 11 is 12.7. The third-order valence-electron chi connectivity index (χ3n) is 8.36. The molecule has 0 radical (unpaired) electrons. The summed E-state index contributed by atoms with van der Waals surface area (Å²) in [4.78, 5) is 14.7. The summed E-state index contributed by atoms with van der Waals surface area (Å²) in [5.74, 6) is -1.57. The zero-order chi connectivity index (χ0) is 28.5. The lowest BCUT2D eigenvalue weighted by atomic mass is 9.71. The quantitative estimate of drug-likeness (QED) is 0.366. The van der Waals surface area contributed by atoms with Crippen molar-refractivity contribution in [1.29, 1.82) is 0 Å². The molecular formula is C29H38Cl2N2O5S. The number of methoxy groups -OCH3 is 1. The molecule has 39 heavy (non-hydrogen) atoms. The number of sulfonamides is 1. The van der Waals surface area contributed by atoms with Gasteiger partial charge in [-0.3, -0.25) is 9.69 Å². The standard InChI is InChI=1S/C29H38Cl2N2O5S/c1-5-23(17-32(3)39(36,37)24-13-14-24)33-27(19-9-11-21(30)12-10-19)26(20-7-6-8-22(31)15-20)16-25(28(33)34)18(2)29(35)38-4/h6-12,15,18,23-28,34H,5,13-14,16-17H2,1-4H3/t18?,23?,25-,26+,27+,28?/m0/s1. The molecule has 0 aromatic heterocycles. The number of nitrogens with zero attached hydrogens (tertiary/aromatic N) is 2. The second-order valence-corrected chi connectivity index (χ2v) is 14.0. The molecule has 3 unspecified atom stereocenters. The molecule has 10 heteroatoms. The van der Waals surface area contributed by atoms with Crippen molar-refractivity contribution in [3.05, 3.63) is 69.7 Å². The van der Waals surface area contributed by atoms with Crippen LogP contribution in [0.2, 0.25) is 10.0 Å². The van der Waals surface area contributed by atoms with Crippen LogP contribution in [0.4, 0.5) is 0 Å². The van der Waals surface area contributed by atoms with Gasteiger partial charge in [0.25, 0.3) is 0 Å². The van der Waals surface area contributed by atoms with Gasteiger partial charge >= 0.3 is 5.97 Å². The van der Waals surface area contributed by atoms with E-state index in [0.717, 1.165) is 11.1 Å². The van der Waals surface area contributed by atoms with Crippen LogP contribution in [0.1, 0.15) is 62.6 Å². The van der Waals surface area contributed by atoms with E-state index in [2.05, 4.69) is 0 Å². The number of carbonyl (C=O) groups is 1. The van der Waals surface area contributed by atoms with Crippen LogP contribution in [0, 0.1) is 11.8 Å². The maximum absolute atomic E-state index is 13.1. The highest BCUT2D eigenvalue weighted by molar-refractivity contribution is 7.90. The molecule has 214 valence electrons. The average Bonchev–Trinajstić information content (AvgIpc) is 3.77. The van der Waals surface area contributed by atoms with Gasteiger partial charge in [0.05, 0.1) is 18.3 Å². The minimum atomic E-state index is -3.42. The number of carbonyl (C=O) groups excluding carboxylic acids is 1. The number of aliphatic hydroxyl groups excluding tert-OH is 1. The first-order valence-electron chi connectivity index (χ1n) is 13.5. The second-order valence-electron chi connectivity index (χ2n) is 10.8. The maximum Gasteiger partial charge on any atom is 0.308 e. The van der Waals surface area contributed by atoms with Gasteiger partial charge in [0.2, 0.25) is 10.0 Å². The Kier molecular flexibility index (Phi) is 9.67. The number of rotatable bonds is 10. The van der Waals surface area contributed by atoms with E-state index in [9.17, 15) is 18.3 Å². The maximum atomic E-state index is 13.1. The van der Waals surface area contributed by atoms with Gasteiger partial charge in [0.15, 0.2) is 0 Å². The summed E-state index contributed by atoms with van der Waals surface area (Å²) in [5, 5.41) is 12.9. The third-order valence-corrected chi connectivity index (χ3v) is 11.2. The van der Waals surface area contributed by atoms with E-state index in [-0.39, 0.29) is 29.8 Å². The van der Waals surface area contributed by atoms with Crippen molar-refractivity contribution >= 4 is 39.2 Å². The van der Waals surface area contributed by atoms with E-state index in [1.807, 2.05) is 60.4 Å². The summed E-state index contributed by atoms with van der Waals surface area (Å²) < 4.78 is 32.7. The first-order chi connectivity index (χ1) is 18.5. The van der Waals surface area contributed by atoms with Crippen molar-refractivity contribution in [3.63, 3.8) is 0 Å². The van der Waals surface area contributed by atoms with Crippen LogP contribution in [-0.2, 0) is 19.6 Å². The van der Waals surface area contributed by atoms with Gasteiger partial charge in [-0.15, -0.1) is 0 Å². The lowest BCUT2D eigenvalue weighted by molar-refractivity contribution is -0.165. The number of esters is 1. The molecular weight excluding hydrogens is 559 g/mol. The molecule has 1 aliphatic heterocycles. The Labute approximate surface area is 242 Å². The number of aliphatic hydroxyl groups is 1. The molecule has 1 N–H and O–H groups in total. The molecule has 6 atom stereocenters. The highest BCUT2D eigenvalue weighted by Gasteiger charge is 2.49. The van der Waals surface area contributed by atoms with Gasteiger partial charge in [0.1, 0.15) is 6.23 Å². The third kappa shape index (κ3) is 6.47. The molecule has 2 aromatic carbocycles. The first kappa shape index (κ1) is 30.3. The van der Waals surface area contributed by atoms with Crippen molar-refractivity contribution in [2.75, 3.05) is 20.7 Å². The van der Waals surface area contributed by atoms with Gasteiger partial charge in [-0.2, -0.15) is 0 Å². The minimum absolute atomic E-state index is 0.148. The van der Waals surface area contributed by atoms with Crippen LogP contribution in [0.15, 0.2) is 48.5 Å². The summed E-state index contributed by atoms with van der Waals surface area (Å²) in [7, 11) is -0.449. The molecule has 0 spiro atoms. The summed E-state index contributed by atoms with van der Waals surface area (Å²) in [6.45, 7) is 3.99. The van der Waals surface area contributed by atoms with E-state index in [1.54, 1.807) is 14.0 Å². The van der Waals surface area contributed by atoms with E-state index >= 15 is 0 Å². The lowest BCUT2D eigenvalue weighted by Crippen LogP contribution is -2.58. The molecule has 7 nitrogen and oxygen atoms in total. The Morgan fingerprint density at radius 3 is 2.36 bits per heavy atom. The predicted molar refractivity (Wildman–Crippen MR) is 154 cm³/mol. The molecule has 0 amide bonds. The zero-order valence-corrected chi connectivity index (χ0v) is 25.2. The topological polar surface area (TPSA) is 87.2 Å². The molecule has 0 bridgehead atoms. The minimum Gasteiger partial charge on any atom is -0.469 e. The zero-order valence-electron chi connectivity index (χ0n) is 22.8. The van der Waals surface area contributed by atoms with Crippen LogP contribution in [-0.4, -0.2) is 66.9 Å². The number of hydrogen-bond acceptors (Lipinski definition) is 6. The molecule has 1 heterocycles. The lowest BCUT2D eigenvalue weighted by Gasteiger charge is -2.53. The smallest absolute Gasteiger partial charge is 0.308 e.